The molecule has 0 bridgehead atoms. The Bertz CT molecular complexity index is 1790. The molecule has 11 nitrogen and oxygen atoms in total. The number of imide groups is 1. The standard InChI is InChI=1S/C36H35N3O8S/c1-23(40)39(47-28-13-11-24(12-14-28)21-32-33(41)37-34(42)48-32)30-20-19-29(22-31(30)38(5)35(43)46-36(2,3)4)45-27-17-15-26(16-18-27)44-25-9-7-6-8-10-25/h6-20,22,32H,21H2,1-5H3,(H,37,41,42). The predicted molar refractivity (Wildman–Crippen MR) is 183 cm³/mol. The molecule has 1 fully saturated rings. The lowest BCUT2D eigenvalue weighted by molar-refractivity contribution is -0.120. The number of nitrogens with zero attached hydrogens (tertiary/aromatic N) is 2. The van der Waals surface area contributed by atoms with Gasteiger partial charge in [-0.3, -0.25) is 24.6 Å². The van der Waals surface area contributed by atoms with E-state index < -0.39 is 22.9 Å². The van der Waals surface area contributed by atoms with Crippen LogP contribution in [-0.4, -0.2) is 41.0 Å². The third-order valence-electron chi connectivity index (χ3n) is 6.83. The Hall–Kier alpha value is -5.49. The lowest BCUT2D eigenvalue weighted by Gasteiger charge is -2.29. The molecule has 1 heterocycles. The Morgan fingerprint density at radius 3 is 1.90 bits per heavy atom. The van der Waals surface area contributed by atoms with E-state index >= 15 is 0 Å². The second-order valence-electron chi connectivity index (χ2n) is 11.8. The zero-order valence-electron chi connectivity index (χ0n) is 27.1. The number of amides is 4. The van der Waals surface area contributed by atoms with E-state index in [0.717, 1.165) is 22.4 Å². The highest BCUT2D eigenvalue weighted by molar-refractivity contribution is 8.15. The smallest absolute Gasteiger partial charge is 0.414 e. The van der Waals surface area contributed by atoms with Crippen molar-refractivity contribution >= 4 is 46.3 Å². The predicted octanol–water partition coefficient (Wildman–Crippen LogP) is 7.88. The molecular formula is C36H35N3O8S. The number of rotatable bonds is 10. The fourth-order valence-electron chi connectivity index (χ4n) is 4.59. The SMILES string of the molecule is CC(=O)N(Oc1ccc(CC2SC(=O)NC2=O)cc1)c1ccc(Oc2ccc(Oc3ccccc3)cc2)cc1N(C)C(=O)OC(C)(C)C. The van der Waals surface area contributed by atoms with E-state index in [0.29, 0.717) is 35.2 Å². The Morgan fingerprint density at radius 2 is 1.33 bits per heavy atom. The Kier molecular flexibility index (Phi) is 10.2. The molecule has 48 heavy (non-hydrogen) atoms. The van der Waals surface area contributed by atoms with E-state index in [9.17, 15) is 19.2 Å². The van der Waals surface area contributed by atoms with Gasteiger partial charge in [0, 0.05) is 20.0 Å². The maximum Gasteiger partial charge on any atom is 0.414 e. The van der Waals surface area contributed by atoms with Gasteiger partial charge in [-0.25, -0.2) is 4.79 Å². The van der Waals surface area contributed by atoms with E-state index in [1.807, 2.05) is 30.3 Å². The van der Waals surface area contributed by atoms with Gasteiger partial charge in [0.1, 0.15) is 34.3 Å². The number of thioether (sulfide) groups is 1. The van der Waals surface area contributed by atoms with Gasteiger partial charge in [0.25, 0.3) is 11.1 Å². The molecule has 1 unspecified atom stereocenters. The molecule has 12 heteroatoms. The molecule has 4 amide bonds. The van der Waals surface area contributed by atoms with Crippen molar-refractivity contribution in [2.75, 3.05) is 17.0 Å². The lowest BCUT2D eigenvalue weighted by atomic mass is 10.1. The summed E-state index contributed by atoms with van der Waals surface area (Å²) in [4.78, 5) is 57.0. The number of hydrogen-bond acceptors (Lipinski definition) is 9. The van der Waals surface area contributed by atoms with Crippen molar-refractivity contribution in [3.8, 4) is 28.7 Å². The zero-order valence-corrected chi connectivity index (χ0v) is 27.9. The Morgan fingerprint density at radius 1 is 0.771 bits per heavy atom. The largest absolute Gasteiger partial charge is 0.457 e. The summed E-state index contributed by atoms with van der Waals surface area (Å²) in [6.07, 6.45) is -0.294. The van der Waals surface area contributed by atoms with Gasteiger partial charge in [-0.2, -0.15) is 0 Å². The highest BCUT2D eigenvalue weighted by Gasteiger charge is 2.31. The summed E-state index contributed by atoms with van der Waals surface area (Å²) >= 11 is 0.954. The maximum atomic E-state index is 13.2. The van der Waals surface area contributed by atoms with Crippen molar-refractivity contribution in [1.29, 1.82) is 0 Å². The molecule has 1 aliphatic rings. The zero-order chi connectivity index (χ0) is 34.4. The summed E-state index contributed by atoms with van der Waals surface area (Å²) in [5.41, 5.74) is 0.584. The molecule has 4 aromatic rings. The van der Waals surface area contributed by atoms with Crippen LogP contribution >= 0.6 is 11.8 Å². The lowest BCUT2D eigenvalue weighted by Crippen LogP contribution is -2.37. The molecule has 0 saturated carbocycles. The maximum absolute atomic E-state index is 13.2. The van der Waals surface area contributed by atoms with Crippen LogP contribution in [0.1, 0.15) is 33.3 Å². The van der Waals surface area contributed by atoms with E-state index in [1.54, 1.807) is 87.5 Å². The quantitative estimate of drug-likeness (QED) is 0.168. The summed E-state index contributed by atoms with van der Waals surface area (Å²) in [7, 11) is 1.53. The summed E-state index contributed by atoms with van der Waals surface area (Å²) in [5.74, 6) is 1.80. The van der Waals surface area contributed by atoms with Gasteiger partial charge in [-0.1, -0.05) is 42.1 Å². The molecule has 0 radical (unpaired) electrons. The fraction of sp³-hybridized carbons (Fsp3) is 0.222. The average Bonchev–Trinajstić information content (AvgIpc) is 3.36. The topological polar surface area (TPSA) is 124 Å². The second kappa shape index (κ2) is 14.5. The Balaban J connectivity index is 1.38. The van der Waals surface area contributed by atoms with E-state index in [1.165, 1.54) is 18.9 Å². The third kappa shape index (κ3) is 8.85. The number of hydroxylamine groups is 1. The van der Waals surface area contributed by atoms with Crippen LogP contribution in [-0.2, 0) is 20.7 Å². The molecule has 1 N–H and O–H groups in total. The van der Waals surface area contributed by atoms with Gasteiger partial charge in [0.2, 0.25) is 5.91 Å². The van der Waals surface area contributed by atoms with Gasteiger partial charge in [-0.05, 0) is 93.4 Å². The number of benzene rings is 4. The third-order valence-corrected chi connectivity index (χ3v) is 7.81. The average molecular weight is 670 g/mol. The van der Waals surface area contributed by atoms with Gasteiger partial charge >= 0.3 is 6.09 Å². The number of carbonyl (C=O) groups excluding carboxylic acids is 4. The number of para-hydroxylation sites is 1. The van der Waals surface area contributed by atoms with Crippen molar-refractivity contribution in [1.82, 2.24) is 5.32 Å². The monoisotopic (exact) mass is 669 g/mol. The minimum atomic E-state index is -0.771. The first-order valence-corrected chi connectivity index (χ1v) is 15.9. The Labute approximate surface area is 282 Å². The minimum absolute atomic E-state index is 0.261. The summed E-state index contributed by atoms with van der Waals surface area (Å²) in [6, 6.07) is 28.2. The molecule has 0 spiro atoms. The molecule has 5 rings (SSSR count). The van der Waals surface area contributed by atoms with Crippen LogP contribution in [0.5, 0.6) is 28.7 Å². The summed E-state index contributed by atoms with van der Waals surface area (Å²) in [6.45, 7) is 6.61. The first kappa shape index (κ1) is 33.9. The van der Waals surface area contributed by atoms with Crippen LogP contribution in [0.4, 0.5) is 21.0 Å². The normalized spacial score (nSPS) is 14.1. The van der Waals surface area contributed by atoms with Crippen LogP contribution in [0.3, 0.4) is 0 Å². The molecule has 4 aromatic carbocycles. The molecule has 0 aliphatic carbocycles. The van der Waals surface area contributed by atoms with Crippen LogP contribution < -0.4 is 29.6 Å². The van der Waals surface area contributed by atoms with E-state index in [-0.39, 0.29) is 22.5 Å². The fourth-order valence-corrected chi connectivity index (χ4v) is 5.45. The molecule has 1 aliphatic heterocycles. The van der Waals surface area contributed by atoms with Gasteiger partial charge in [0.15, 0.2) is 5.75 Å². The second-order valence-corrected chi connectivity index (χ2v) is 13.0. The van der Waals surface area contributed by atoms with E-state index in [2.05, 4.69) is 5.32 Å². The molecule has 0 aromatic heterocycles. The van der Waals surface area contributed by atoms with Crippen LogP contribution in [0.15, 0.2) is 97.1 Å². The molecule has 1 saturated heterocycles. The van der Waals surface area contributed by atoms with Crippen molar-refractivity contribution in [3.05, 3.63) is 103 Å². The summed E-state index contributed by atoms with van der Waals surface area (Å²) in [5, 5.41) is 2.48. The minimum Gasteiger partial charge on any atom is -0.457 e. The highest BCUT2D eigenvalue weighted by atomic mass is 32.2. The van der Waals surface area contributed by atoms with E-state index in [4.69, 9.17) is 19.0 Å². The number of nitrogens with one attached hydrogen (secondary N) is 1. The first-order chi connectivity index (χ1) is 22.8. The van der Waals surface area contributed by atoms with Gasteiger partial charge < -0.3 is 19.0 Å². The number of ether oxygens (including phenoxy) is 3. The first-order valence-electron chi connectivity index (χ1n) is 15.1. The number of anilines is 2. The van der Waals surface area contributed by atoms with Crippen LogP contribution in [0, 0.1) is 0 Å². The number of hydrogen-bond donors (Lipinski definition) is 1. The van der Waals surface area contributed by atoms with Gasteiger partial charge in [0.05, 0.1) is 10.9 Å². The highest BCUT2D eigenvalue weighted by Crippen LogP contribution is 2.37. The van der Waals surface area contributed by atoms with Crippen molar-refractivity contribution in [2.45, 2.75) is 45.0 Å². The van der Waals surface area contributed by atoms with Gasteiger partial charge in [-0.15, -0.1) is 5.06 Å². The molecular weight excluding hydrogens is 634 g/mol. The number of carbonyl (C=O) groups is 4. The summed E-state index contributed by atoms with van der Waals surface area (Å²) < 4.78 is 17.6. The molecule has 1 atom stereocenters. The van der Waals surface area contributed by atoms with Crippen molar-refractivity contribution in [3.63, 3.8) is 0 Å². The van der Waals surface area contributed by atoms with Crippen LogP contribution in [0.2, 0.25) is 0 Å². The van der Waals surface area contributed by atoms with Crippen molar-refractivity contribution < 1.29 is 38.2 Å². The van der Waals surface area contributed by atoms with Crippen LogP contribution in [0.25, 0.3) is 0 Å². The molecule has 248 valence electrons. The van der Waals surface area contributed by atoms with Crippen molar-refractivity contribution in [2.24, 2.45) is 0 Å².